The molecule has 0 spiro atoms. The third-order valence-corrected chi connectivity index (χ3v) is 2.68. The summed E-state index contributed by atoms with van der Waals surface area (Å²) in [6.45, 7) is 3.69. The number of likely N-dealkylation sites (tertiary alicyclic amines) is 1. The van der Waals surface area contributed by atoms with E-state index >= 15 is 0 Å². The summed E-state index contributed by atoms with van der Waals surface area (Å²) in [5.74, 6) is 0. The molecular weight excluding hydrogens is 180 g/mol. The number of rotatable bonds is 3. The van der Waals surface area contributed by atoms with Crippen molar-refractivity contribution in [1.29, 1.82) is 0 Å². The van der Waals surface area contributed by atoms with E-state index in [-0.39, 0.29) is 18.7 Å². The molecule has 1 aliphatic heterocycles. The van der Waals surface area contributed by atoms with E-state index in [9.17, 15) is 4.79 Å². The molecule has 1 aliphatic rings. The SMILES string of the molecule is CC[C@@H](CO)NC(=O)N1CCCCC1. The average Bonchev–Trinajstić information content (AvgIpc) is 2.26. The third kappa shape index (κ3) is 3.18. The largest absolute Gasteiger partial charge is 0.394 e. The van der Waals surface area contributed by atoms with Gasteiger partial charge in [0.15, 0.2) is 0 Å². The van der Waals surface area contributed by atoms with Gasteiger partial charge in [-0.15, -0.1) is 0 Å². The van der Waals surface area contributed by atoms with E-state index in [2.05, 4.69) is 5.32 Å². The highest BCUT2D eigenvalue weighted by Crippen LogP contribution is 2.08. The van der Waals surface area contributed by atoms with Gasteiger partial charge < -0.3 is 15.3 Å². The van der Waals surface area contributed by atoms with Crippen LogP contribution in [0.25, 0.3) is 0 Å². The molecule has 0 aromatic heterocycles. The van der Waals surface area contributed by atoms with Gasteiger partial charge in [-0.3, -0.25) is 0 Å². The number of aliphatic hydroxyl groups excluding tert-OH is 1. The first-order valence-corrected chi connectivity index (χ1v) is 5.44. The number of nitrogens with one attached hydrogen (secondary N) is 1. The van der Waals surface area contributed by atoms with Crippen molar-refractivity contribution < 1.29 is 9.90 Å². The number of nitrogens with zero attached hydrogens (tertiary/aromatic N) is 1. The van der Waals surface area contributed by atoms with Gasteiger partial charge in [-0.25, -0.2) is 4.79 Å². The monoisotopic (exact) mass is 200 g/mol. The van der Waals surface area contributed by atoms with Gasteiger partial charge in [-0.2, -0.15) is 0 Å². The fourth-order valence-electron chi connectivity index (χ4n) is 1.64. The van der Waals surface area contributed by atoms with Crippen molar-refractivity contribution >= 4 is 6.03 Å². The molecule has 1 fully saturated rings. The molecule has 0 unspecified atom stereocenters. The van der Waals surface area contributed by atoms with Crippen LogP contribution in [-0.2, 0) is 0 Å². The maximum absolute atomic E-state index is 11.6. The second-order valence-corrected chi connectivity index (χ2v) is 3.78. The first-order chi connectivity index (χ1) is 6.77. The number of urea groups is 1. The van der Waals surface area contributed by atoms with Gasteiger partial charge in [0.2, 0.25) is 0 Å². The van der Waals surface area contributed by atoms with E-state index in [1.807, 2.05) is 11.8 Å². The van der Waals surface area contributed by atoms with Crippen molar-refractivity contribution in [3.63, 3.8) is 0 Å². The highest BCUT2D eigenvalue weighted by Gasteiger charge is 2.18. The average molecular weight is 200 g/mol. The minimum atomic E-state index is -0.0931. The smallest absolute Gasteiger partial charge is 0.317 e. The summed E-state index contributed by atoms with van der Waals surface area (Å²) in [6.07, 6.45) is 4.20. The zero-order chi connectivity index (χ0) is 10.4. The summed E-state index contributed by atoms with van der Waals surface area (Å²) in [5.41, 5.74) is 0. The second-order valence-electron chi connectivity index (χ2n) is 3.78. The molecule has 0 radical (unpaired) electrons. The summed E-state index contributed by atoms with van der Waals surface area (Å²) in [4.78, 5) is 13.5. The Labute approximate surface area is 85.3 Å². The Hall–Kier alpha value is -0.770. The number of carbonyl (C=O) groups is 1. The van der Waals surface area contributed by atoms with Crippen molar-refractivity contribution in [3.05, 3.63) is 0 Å². The summed E-state index contributed by atoms with van der Waals surface area (Å²) in [5, 5.41) is 11.8. The predicted octanol–water partition coefficient (Wildman–Crippen LogP) is 0.953. The van der Waals surface area contributed by atoms with Gasteiger partial charge in [0.1, 0.15) is 0 Å². The Balaban J connectivity index is 2.32. The molecule has 1 atom stereocenters. The zero-order valence-electron chi connectivity index (χ0n) is 8.83. The maximum Gasteiger partial charge on any atom is 0.317 e. The van der Waals surface area contributed by atoms with Gasteiger partial charge in [-0.05, 0) is 25.7 Å². The van der Waals surface area contributed by atoms with Crippen molar-refractivity contribution in [2.45, 2.75) is 38.6 Å². The number of amides is 2. The van der Waals surface area contributed by atoms with Gasteiger partial charge in [0.05, 0.1) is 12.6 Å². The lowest BCUT2D eigenvalue weighted by atomic mass is 10.1. The molecule has 1 saturated heterocycles. The number of hydrogen-bond donors (Lipinski definition) is 2. The van der Waals surface area contributed by atoms with Crippen LogP contribution in [0.2, 0.25) is 0 Å². The van der Waals surface area contributed by atoms with Crippen LogP contribution in [0, 0.1) is 0 Å². The van der Waals surface area contributed by atoms with Gasteiger partial charge in [-0.1, -0.05) is 6.92 Å². The van der Waals surface area contributed by atoms with Crippen LogP contribution in [-0.4, -0.2) is 41.8 Å². The number of hydrogen-bond acceptors (Lipinski definition) is 2. The topological polar surface area (TPSA) is 52.6 Å². The zero-order valence-corrected chi connectivity index (χ0v) is 8.83. The van der Waals surface area contributed by atoms with Crippen LogP contribution in [0.3, 0.4) is 0 Å². The Bertz CT molecular complexity index is 175. The fourth-order valence-corrected chi connectivity index (χ4v) is 1.64. The van der Waals surface area contributed by atoms with E-state index < -0.39 is 0 Å². The Morgan fingerprint density at radius 1 is 1.43 bits per heavy atom. The number of piperidine rings is 1. The predicted molar refractivity (Wildman–Crippen MR) is 55.1 cm³/mol. The molecular formula is C10H20N2O2. The highest BCUT2D eigenvalue weighted by atomic mass is 16.3. The second kappa shape index (κ2) is 5.86. The highest BCUT2D eigenvalue weighted by molar-refractivity contribution is 5.74. The summed E-state index contributed by atoms with van der Waals surface area (Å²) in [6, 6.07) is -0.116. The molecule has 4 nitrogen and oxygen atoms in total. The van der Waals surface area contributed by atoms with E-state index in [1.54, 1.807) is 0 Å². The molecule has 0 aromatic carbocycles. The molecule has 0 aromatic rings. The normalized spacial score (nSPS) is 19.1. The molecule has 4 heteroatoms. The number of aliphatic hydroxyl groups is 1. The summed E-state index contributed by atoms with van der Waals surface area (Å²) in [7, 11) is 0. The Morgan fingerprint density at radius 2 is 2.07 bits per heavy atom. The van der Waals surface area contributed by atoms with E-state index in [1.165, 1.54) is 6.42 Å². The quantitative estimate of drug-likeness (QED) is 0.712. The van der Waals surface area contributed by atoms with E-state index in [4.69, 9.17) is 5.11 Å². The van der Waals surface area contributed by atoms with Crippen LogP contribution in [0.1, 0.15) is 32.6 Å². The molecule has 0 bridgehead atoms. The maximum atomic E-state index is 11.6. The minimum absolute atomic E-state index is 0.0226. The third-order valence-electron chi connectivity index (χ3n) is 2.68. The molecule has 2 N–H and O–H groups in total. The van der Waals surface area contributed by atoms with Gasteiger partial charge in [0.25, 0.3) is 0 Å². The van der Waals surface area contributed by atoms with Gasteiger partial charge in [0, 0.05) is 13.1 Å². The van der Waals surface area contributed by atoms with Crippen LogP contribution in [0.4, 0.5) is 4.79 Å². The minimum Gasteiger partial charge on any atom is -0.394 e. The lowest BCUT2D eigenvalue weighted by molar-refractivity contribution is 0.171. The molecule has 0 aliphatic carbocycles. The summed E-state index contributed by atoms with van der Waals surface area (Å²) < 4.78 is 0. The van der Waals surface area contributed by atoms with Crippen molar-refractivity contribution in [3.8, 4) is 0 Å². The molecule has 14 heavy (non-hydrogen) atoms. The lowest BCUT2D eigenvalue weighted by Gasteiger charge is -2.28. The van der Waals surface area contributed by atoms with Crippen molar-refractivity contribution in [1.82, 2.24) is 10.2 Å². The van der Waals surface area contributed by atoms with Crippen LogP contribution < -0.4 is 5.32 Å². The molecule has 82 valence electrons. The first kappa shape index (κ1) is 11.3. The van der Waals surface area contributed by atoms with E-state index in [0.717, 1.165) is 32.4 Å². The molecule has 0 saturated carbocycles. The van der Waals surface area contributed by atoms with Crippen LogP contribution in [0.5, 0.6) is 0 Å². The Kier molecular flexibility index (Phi) is 4.73. The van der Waals surface area contributed by atoms with E-state index in [0.29, 0.717) is 0 Å². The number of carbonyl (C=O) groups excluding carboxylic acids is 1. The van der Waals surface area contributed by atoms with Crippen LogP contribution in [0.15, 0.2) is 0 Å². The lowest BCUT2D eigenvalue weighted by Crippen LogP contribution is -2.47. The molecule has 2 amide bonds. The van der Waals surface area contributed by atoms with Crippen molar-refractivity contribution in [2.75, 3.05) is 19.7 Å². The molecule has 1 rings (SSSR count). The first-order valence-electron chi connectivity index (χ1n) is 5.44. The van der Waals surface area contributed by atoms with Crippen molar-refractivity contribution in [2.24, 2.45) is 0 Å². The summed E-state index contributed by atoms with van der Waals surface area (Å²) >= 11 is 0. The molecule has 1 heterocycles. The standard InChI is InChI=1S/C10H20N2O2/c1-2-9(8-13)11-10(14)12-6-4-3-5-7-12/h9,13H,2-8H2,1H3,(H,11,14)/t9-/m0/s1. The fraction of sp³-hybridized carbons (Fsp3) is 0.900. The van der Waals surface area contributed by atoms with Gasteiger partial charge >= 0.3 is 6.03 Å². The van der Waals surface area contributed by atoms with Crippen LogP contribution >= 0.6 is 0 Å². The Morgan fingerprint density at radius 3 is 2.57 bits per heavy atom.